The van der Waals surface area contributed by atoms with Crippen molar-refractivity contribution in [1.82, 2.24) is 5.32 Å². The van der Waals surface area contributed by atoms with Crippen LogP contribution in [0, 0.1) is 10.1 Å². The Morgan fingerprint density at radius 2 is 2.10 bits per heavy atom. The molecule has 8 heteroatoms. The number of hydrogen-bond acceptors (Lipinski definition) is 4. The molecule has 1 rings (SSSR count). The molecule has 0 unspecified atom stereocenters. The number of carbonyl (C=O) groups is 1. The van der Waals surface area contributed by atoms with Crippen molar-refractivity contribution in [3.05, 3.63) is 37.9 Å². The van der Waals surface area contributed by atoms with Gasteiger partial charge in [-0.3, -0.25) is 14.9 Å². The van der Waals surface area contributed by atoms with Gasteiger partial charge in [-0.15, -0.1) is 0 Å². The van der Waals surface area contributed by atoms with Gasteiger partial charge in [0.1, 0.15) is 5.02 Å². The van der Waals surface area contributed by atoms with Crippen LogP contribution in [0.25, 0.3) is 0 Å². The minimum atomic E-state index is -0.679. The van der Waals surface area contributed by atoms with Crippen molar-refractivity contribution in [3.8, 4) is 0 Å². The van der Waals surface area contributed by atoms with Crippen molar-refractivity contribution in [3.63, 3.8) is 0 Å². The molecule has 0 bridgehead atoms. The molecule has 0 heterocycles. The summed E-state index contributed by atoms with van der Waals surface area (Å²) in [4.78, 5) is 22.1. The number of nitro benzene ring substituents is 1. The standard InChI is InChI=1S/C13H16Cl2N2O4/c1-8(2)21-5-3-4-16-13(18)9-6-10(14)12(15)11(7-9)17(19)20/h6-8H,3-5H2,1-2H3,(H,16,18). The maximum absolute atomic E-state index is 11.9. The number of nitrogens with one attached hydrogen (secondary N) is 1. The Balaban J connectivity index is 2.64. The predicted octanol–water partition coefficient (Wildman–Crippen LogP) is 3.45. The summed E-state index contributed by atoms with van der Waals surface area (Å²) in [5.41, 5.74) is -0.293. The molecule has 1 aromatic rings. The highest BCUT2D eigenvalue weighted by molar-refractivity contribution is 6.43. The number of carbonyl (C=O) groups excluding carboxylic acids is 1. The molecule has 21 heavy (non-hydrogen) atoms. The minimum Gasteiger partial charge on any atom is -0.379 e. The fourth-order valence-corrected chi connectivity index (χ4v) is 1.93. The fourth-order valence-electron chi connectivity index (χ4n) is 1.53. The number of rotatable bonds is 7. The topological polar surface area (TPSA) is 81.5 Å². The summed E-state index contributed by atoms with van der Waals surface area (Å²) in [6.45, 7) is 4.78. The predicted molar refractivity (Wildman–Crippen MR) is 81.2 cm³/mol. The monoisotopic (exact) mass is 334 g/mol. The van der Waals surface area contributed by atoms with E-state index in [4.69, 9.17) is 27.9 Å². The van der Waals surface area contributed by atoms with E-state index in [-0.39, 0.29) is 21.7 Å². The Kier molecular flexibility index (Phi) is 6.87. The summed E-state index contributed by atoms with van der Waals surface area (Å²) in [6.07, 6.45) is 0.784. The molecule has 0 atom stereocenters. The Bertz CT molecular complexity index is 535. The van der Waals surface area contributed by atoms with Gasteiger partial charge in [-0.05, 0) is 26.3 Å². The molecule has 0 aromatic heterocycles. The van der Waals surface area contributed by atoms with Crippen molar-refractivity contribution in [2.75, 3.05) is 13.2 Å². The number of nitro groups is 1. The van der Waals surface area contributed by atoms with Crippen molar-refractivity contribution in [1.29, 1.82) is 0 Å². The Hall–Kier alpha value is -1.37. The van der Waals surface area contributed by atoms with Gasteiger partial charge in [-0.2, -0.15) is 0 Å². The van der Waals surface area contributed by atoms with Crippen LogP contribution in [0.5, 0.6) is 0 Å². The third kappa shape index (κ3) is 5.49. The molecule has 0 aliphatic rings. The van der Waals surface area contributed by atoms with E-state index in [0.717, 1.165) is 6.07 Å². The van der Waals surface area contributed by atoms with Crippen molar-refractivity contribution < 1.29 is 14.5 Å². The van der Waals surface area contributed by atoms with Crippen molar-refractivity contribution >= 4 is 34.8 Å². The Labute approximate surface area is 132 Å². The molecule has 0 saturated heterocycles. The van der Waals surface area contributed by atoms with E-state index in [2.05, 4.69) is 5.32 Å². The van der Waals surface area contributed by atoms with Gasteiger partial charge >= 0.3 is 0 Å². The molecule has 1 amide bonds. The molecular formula is C13H16Cl2N2O4. The van der Waals surface area contributed by atoms with Crippen LogP contribution in [0.4, 0.5) is 5.69 Å². The van der Waals surface area contributed by atoms with Crippen LogP contribution in [0.2, 0.25) is 10.0 Å². The average molecular weight is 335 g/mol. The number of ether oxygens (including phenoxy) is 1. The fraction of sp³-hybridized carbons (Fsp3) is 0.462. The zero-order valence-corrected chi connectivity index (χ0v) is 13.2. The lowest BCUT2D eigenvalue weighted by Gasteiger charge is -2.09. The van der Waals surface area contributed by atoms with Gasteiger partial charge in [-0.1, -0.05) is 23.2 Å². The van der Waals surface area contributed by atoms with Crippen LogP contribution in [-0.2, 0) is 4.74 Å². The summed E-state index contributed by atoms with van der Waals surface area (Å²) in [5.74, 6) is -0.443. The molecule has 0 fully saturated rings. The maximum Gasteiger partial charge on any atom is 0.290 e. The van der Waals surface area contributed by atoms with Gasteiger partial charge in [0.15, 0.2) is 0 Å². The minimum absolute atomic E-state index is 0.0286. The van der Waals surface area contributed by atoms with Crippen LogP contribution >= 0.6 is 23.2 Å². The molecule has 1 N–H and O–H groups in total. The van der Waals surface area contributed by atoms with E-state index in [0.29, 0.717) is 19.6 Å². The van der Waals surface area contributed by atoms with Crippen LogP contribution in [-0.4, -0.2) is 30.1 Å². The van der Waals surface area contributed by atoms with E-state index in [1.165, 1.54) is 6.07 Å². The zero-order chi connectivity index (χ0) is 16.0. The first kappa shape index (κ1) is 17.7. The quantitative estimate of drug-likeness (QED) is 0.470. The number of hydrogen-bond donors (Lipinski definition) is 1. The molecular weight excluding hydrogens is 319 g/mol. The van der Waals surface area contributed by atoms with E-state index >= 15 is 0 Å². The third-order valence-corrected chi connectivity index (χ3v) is 3.32. The second kappa shape index (κ2) is 8.17. The summed E-state index contributed by atoms with van der Waals surface area (Å²) in [5, 5.41) is 13.3. The molecule has 116 valence electrons. The molecule has 0 aliphatic heterocycles. The van der Waals surface area contributed by atoms with Crippen LogP contribution in [0.1, 0.15) is 30.6 Å². The molecule has 6 nitrogen and oxygen atoms in total. The summed E-state index contributed by atoms with van der Waals surface area (Å²) >= 11 is 11.5. The largest absolute Gasteiger partial charge is 0.379 e. The molecule has 1 aromatic carbocycles. The van der Waals surface area contributed by atoms with Crippen LogP contribution in [0.15, 0.2) is 12.1 Å². The second-order valence-electron chi connectivity index (χ2n) is 4.58. The van der Waals surface area contributed by atoms with Gasteiger partial charge in [0.25, 0.3) is 11.6 Å². The number of benzene rings is 1. The first-order valence-electron chi connectivity index (χ1n) is 6.36. The van der Waals surface area contributed by atoms with E-state index < -0.39 is 16.5 Å². The number of nitrogens with zero attached hydrogens (tertiary/aromatic N) is 1. The van der Waals surface area contributed by atoms with Gasteiger partial charge in [0, 0.05) is 24.8 Å². The van der Waals surface area contributed by atoms with Crippen LogP contribution in [0.3, 0.4) is 0 Å². The van der Waals surface area contributed by atoms with Gasteiger partial charge in [0.05, 0.1) is 16.0 Å². The Morgan fingerprint density at radius 3 is 2.67 bits per heavy atom. The lowest BCUT2D eigenvalue weighted by Crippen LogP contribution is -2.25. The Morgan fingerprint density at radius 1 is 1.43 bits per heavy atom. The molecule has 0 spiro atoms. The maximum atomic E-state index is 11.9. The summed E-state index contributed by atoms with van der Waals surface area (Å²) in [6, 6.07) is 2.41. The van der Waals surface area contributed by atoms with Crippen LogP contribution < -0.4 is 5.32 Å². The SMILES string of the molecule is CC(C)OCCCNC(=O)c1cc(Cl)c(Cl)c([N+](=O)[O-])c1. The van der Waals surface area contributed by atoms with Crippen molar-refractivity contribution in [2.24, 2.45) is 0 Å². The highest BCUT2D eigenvalue weighted by Crippen LogP contribution is 2.32. The lowest BCUT2D eigenvalue weighted by atomic mass is 10.2. The average Bonchev–Trinajstić information content (AvgIpc) is 2.40. The van der Waals surface area contributed by atoms with E-state index in [9.17, 15) is 14.9 Å². The lowest BCUT2D eigenvalue weighted by molar-refractivity contribution is -0.384. The zero-order valence-electron chi connectivity index (χ0n) is 11.7. The smallest absolute Gasteiger partial charge is 0.290 e. The van der Waals surface area contributed by atoms with E-state index in [1.807, 2.05) is 13.8 Å². The van der Waals surface area contributed by atoms with Gasteiger partial charge < -0.3 is 10.1 Å². The van der Waals surface area contributed by atoms with Gasteiger partial charge in [-0.25, -0.2) is 0 Å². The second-order valence-corrected chi connectivity index (χ2v) is 5.36. The molecule has 0 radical (unpaired) electrons. The van der Waals surface area contributed by atoms with Gasteiger partial charge in [0.2, 0.25) is 0 Å². The highest BCUT2D eigenvalue weighted by Gasteiger charge is 2.19. The first-order chi connectivity index (χ1) is 9.82. The molecule has 0 aliphatic carbocycles. The summed E-state index contributed by atoms with van der Waals surface area (Å²) < 4.78 is 5.34. The van der Waals surface area contributed by atoms with Crippen molar-refractivity contribution in [2.45, 2.75) is 26.4 Å². The van der Waals surface area contributed by atoms with E-state index in [1.54, 1.807) is 0 Å². The highest BCUT2D eigenvalue weighted by atomic mass is 35.5. The normalized spacial score (nSPS) is 10.7. The molecule has 0 saturated carbocycles. The summed E-state index contributed by atoms with van der Waals surface area (Å²) in [7, 11) is 0. The number of amides is 1. The number of halogens is 2. The first-order valence-corrected chi connectivity index (χ1v) is 7.11. The third-order valence-electron chi connectivity index (χ3n) is 2.53.